The average molecular weight is 640 g/mol. The Morgan fingerprint density at radius 1 is 1.11 bits per heavy atom. The van der Waals surface area contributed by atoms with E-state index >= 15 is 0 Å². The summed E-state index contributed by atoms with van der Waals surface area (Å²) in [7, 11) is 0. The molecule has 11 heteroatoms. The molecular weight excluding hydrogens is 602 g/mol. The number of aromatic nitrogens is 2. The van der Waals surface area contributed by atoms with Gasteiger partial charge in [-0.15, -0.1) is 0 Å². The number of benzene rings is 2. The third-order valence-corrected chi connectivity index (χ3v) is 8.13. The summed E-state index contributed by atoms with van der Waals surface area (Å²) in [6.07, 6.45) is 2.98. The Kier molecular flexibility index (Phi) is 9.78. The molecule has 1 saturated heterocycles. The highest BCUT2D eigenvalue weighted by molar-refractivity contribution is 7.08. The van der Waals surface area contributed by atoms with Crippen molar-refractivity contribution in [3.05, 3.63) is 87.7 Å². The fourth-order valence-electron chi connectivity index (χ4n) is 5.22. The van der Waals surface area contributed by atoms with E-state index in [4.69, 9.17) is 4.74 Å². The maximum Gasteiger partial charge on any atom is 0.408 e. The van der Waals surface area contributed by atoms with Crippen LogP contribution in [0.15, 0.2) is 65.5 Å². The summed E-state index contributed by atoms with van der Waals surface area (Å²) in [4.78, 5) is 41.6. The number of piperidine rings is 1. The molecule has 46 heavy (non-hydrogen) atoms. The molecule has 4 N–H and O–H groups in total. The number of amides is 3. The van der Waals surface area contributed by atoms with E-state index in [9.17, 15) is 19.5 Å². The molecule has 0 aliphatic carbocycles. The van der Waals surface area contributed by atoms with Crippen LogP contribution in [0.25, 0.3) is 11.3 Å². The van der Waals surface area contributed by atoms with Crippen LogP contribution in [0, 0.1) is 18.8 Å². The van der Waals surface area contributed by atoms with Crippen molar-refractivity contribution in [3.63, 3.8) is 0 Å². The van der Waals surface area contributed by atoms with Crippen molar-refractivity contribution in [2.45, 2.75) is 64.6 Å². The second kappa shape index (κ2) is 13.9. The first kappa shape index (κ1) is 32.3. The molecule has 0 bridgehead atoms. The van der Waals surface area contributed by atoms with Crippen LogP contribution >= 0.6 is 11.3 Å². The molecule has 1 aliphatic heterocycles. The molecular formula is C35H37N5O5S. The quantitative estimate of drug-likeness (QED) is 0.187. The third kappa shape index (κ3) is 7.95. The van der Waals surface area contributed by atoms with Crippen LogP contribution in [0.1, 0.15) is 68.3 Å². The number of likely N-dealkylation sites (tertiary alicyclic amines) is 1. The van der Waals surface area contributed by atoms with Crippen LogP contribution in [0.3, 0.4) is 0 Å². The Morgan fingerprint density at radius 2 is 1.89 bits per heavy atom. The lowest BCUT2D eigenvalue weighted by atomic mass is 9.98. The standard InChI is InChI=1S/C35H37N5O5S/c1-22-8-15-29(41)27(19-22)30-24(20-36-39-30)12-9-23-10-13-26(14-11-23)37-32(42)28-7-5-6-17-40(28)33(43)31(25-16-18-46-21-25)38-34(44)45-35(2,3)4/h8,10-11,13-16,18-21,28,31,41H,5-7,17H2,1-4H3,(H,36,39)(H,37,42)(H,38,44)/t28-,31-/m0/s1. The molecule has 5 rings (SSSR count). The van der Waals surface area contributed by atoms with Gasteiger partial charge >= 0.3 is 6.09 Å². The molecule has 4 aromatic rings. The Morgan fingerprint density at radius 3 is 2.61 bits per heavy atom. The van der Waals surface area contributed by atoms with Gasteiger partial charge in [0.05, 0.1) is 17.5 Å². The minimum atomic E-state index is -0.974. The lowest BCUT2D eigenvalue weighted by Gasteiger charge is -2.37. The zero-order chi connectivity index (χ0) is 32.8. The van der Waals surface area contributed by atoms with E-state index in [0.717, 1.165) is 24.0 Å². The molecule has 10 nitrogen and oxygen atoms in total. The molecule has 0 unspecified atom stereocenters. The van der Waals surface area contributed by atoms with E-state index in [-0.39, 0.29) is 17.6 Å². The minimum absolute atomic E-state index is 0.137. The Balaban J connectivity index is 1.27. The molecule has 0 saturated carbocycles. The Bertz CT molecular complexity index is 1760. The number of alkyl carbamates (subject to hydrolysis) is 1. The zero-order valence-corrected chi connectivity index (χ0v) is 27.0. The highest BCUT2D eigenvalue weighted by Crippen LogP contribution is 2.31. The van der Waals surface area contributed by atoms with Crippen molar-refractivity contribution in [2.75, 3.05) is 11.9 Å². The van der Waals surface area contributed by atoms with Gasteiger partial charge < -0.3 is 25.4 Å². The number of aryl methyl sites for hydroxylation is 1. The smallest absolute Gasteiger partial charge is 0.408 e. The maximum absolute atomic E-state index is 13.9. The van der Waals surface area contributed by atoms with Gasteiger partial charge in [-0.2, -0.15) is 16.4 Å². The monoisotopic (exact) mass is 639 g/mol. The van der Waals surface area contributed by atoms with Gasteiger partial charge in [0.2, 0.25) is 5.91 Å². The Labute approximate surface area is 272 Å². The van der Waals surface area contributed by atoms with E-state index in [1.54, 1.807) is 68.3 Å². The van der Waals surface area contributed by atoms with Crippen LogP contribution in [0.5, 0.6) is 5.75 Å². The Hall–Kier alpha value is -5.08. The zero-order valence-electron chi connectivity index (χ0n) is 26.2. The number of hydrogen-bond donors (Lipinski definition) is 4. The molecule has 3 amide bonds. The van der Waals surface area contributed by atoms with Crippen molar-refractivity contribution < 1.29 is 24.2 Å². The predicted molar refractivity (Wildman–Crippen MR) is 177 cm³/mol. The first-order valence-corrected chi connectivity index (χ1v) is 16.0. The van der Waals surface area contributed by atoms with Gasteiger partial charge in [-0.25, -0.2) is 4.79 Å². The highest BCUT2D eigenvalue weighted by atomic mass is 32.1. The summed E-state index contributed by atoms with van der Waals surface area (Å²) >= 11 is 1.42. The molecule has 238 valence electrons. The van der Waals surface area contributed by atoms with Crippen LogP contribution < -0.4 is 10.6 Å². The van der Waals surface area contributed by atoms with Crippen molar-refractivity contribution in [1.29, 1.82) is 0 Å². The molecule has 2 aromatic carbocycles. The lowest BCUT2D eigenvalue weighted by molar-refractivity contribution is -0.142. The van der Waals surface area contributed by atoms with Crippen molar-refractivity contribution in [1.82, 2.24) is 20.4 Å². The van der Waals surface area contributed by atoms with Gasteiger partial charge in [-0.1, -0.05) is 23.5 Å². The van der Waals surface area contributed by atoms with Gasteiger partial charge in [0.15, 0.2) is 0 Å². The molecule has 0 spiro atoms. The van der Waals surface area contributed by atoms with Crippen LogP contribution in [0.2, 0.25) is 0 Å². The number of rotatable bonds is 6. The number of hydrogen-bond acceptors (Lipinski definition) is 7. The molecule has 2 aromatic heterocycles. The van der Waals surface area contributed by atoms with E-state index in [2.05, 4.69) is 32.7 Å². The molecule has 1 fully saturated rings. The number of ether oxygens (including phenoxy) is 1. The van der Waals surface area contributed by atoms with E-state index in [1.165, 1.54) is 11.3 Å². The van der Waals surface area contributed by atoms with Crippen LogP contribution in [0.4, 0.5) is 10.5 Å². The third-order valence-electron chi connectivity index (χ3n) is 7.43. The van der Waals surface area contributed by atoms with E-state index < -0.39 is 23.8 Å². The first-order chi connectivity index (χ1) is 22.0. The summed E-state index contributed by atoms with van der Waals surface area (Å²) in [5.74, 6) is 5.70. The minimum Gasteiger partial charge on any atom is -0.507 e. The first-order valence-electron chi connectivity index (χ1n) is 15.1. The number of aromatic amines is 1. The second-order valence-corrected chi connectivity index (χ2v) is 13.0. The summed E-state index contributed by atoms with van der Waals surface area (Å²) in [6.45, 7) is 7.62. The molecule has 1 aliphatic rings. The average Bonchev–Trinajstić information content (AvgIpc) is 3.72. The van der Waals surface area contributed by atoms with Gasteiger partial charge in [0, 0.05) is 23.4 Å². The van der Waals surface area contributed by atoms with Crippen LogP contribution in [-0.4, -0.2) is 56.3 Å². The normalized spacial score (nSPS) is 15.3. The summed E-state index contributed by atoms with van der Waals surface area (Å²) in [5.41, 5.74) is 4.10. The summed E-state index contributed by atoms with van der Waals surface area (Å²) in [5, 5.41) is 26.7. The number of H-pyrrole nitrogens is 1. The lowest BCUT2D eigenvalue weighted by Crippen LogP contribution is -2.53. The molecule has 3 heterocycles. The van der Waals surface area contributed by atoms with Gasteiger partial charge in [0.25, 0.3) is 5.91 Å². The number of phenols is 1. The number of nitrogens with one attached hydrogen (secondary N) is 3. The fraction of sp³-hybridized carbons (Fsp3) is 0.314. The molecule has 2 atom stereocenters. The SMILES string of the molecule is Cc1ccc(O)c(-c2[nH]ncc2C#Cc2ccc(NC(=O)[C@@H]3CCCCN3C(=O)[C@@H](NC(=O)OC(C)(C)C)c3ccsc3)cc2)c1. The number of aromatic hydroxyl groups is 1. The van der Waals surface area contributed by atoms with Gasteiger partial charge in [-0.3, -0.25) is 14.7 Å². The number of thiophene rings is 1. The summed E-state index contributed by atoms with van der Waals surface area (Å²) < 4.78 is 5.42. The highest BCUT2D eigenvalue weighted by Gasteiger charge is 2.37. The van der Waals surface area contributed by atoms with Crippen molar-refractivity contribution >= 4 is 34.9 Å². The maximum atomic E-state index is 13.9. The number of carbonyl (C=O) groups excluding carboxylic acids is 3. The van der Waals surface area contributed by atoms with E-state index in [1.807, 2.05) is 29.8 Å². The topological polar surface area (TPSA) is 137 Å². The largest absolute Gasteiger partial charge is 0.507 e. The second-order valence-electron chi connectivity index (χ2n) is 12.2. The number of anilines is 1. The fourth-order valence-corrected chi connectivity index (χ4v) is 5.91. The number of phenolic OH excluding ortho intramolecular Hbond substituents is 1. The number of nitrogens with zero attached hydrogens (tertiary/aromatic N) is 2. The summed E-state index contributed by atoms with van der Waals surface area (Å²) in [6, 6.07) is 12.6. The van der Waals surface area contributed by atoms with Crippen molar-refractivity contribution in [3.8, 4) is 28.8 Å². The van der Waals surface area contributed by atoms with Crippen molar-refractivity contribution in [2.24, 2.45) is 0 Å². The number of carbonyl (C=O) groups is 3. The van der Waals surface area contributed by atoms with Gasteiger partial charge in [0.1, 0.15) is 23.4 Å². The van der Waals surface area contributed by atoms with E-state index in [0.29, 0.717) is 41.0 Å². The predicted octanol–water partition coefficient (Wildman–Crippen LogP) is 6.14. The van der Waals surface area contributed by atoms with Gasteiger partial charge in [-0.05, 0) is 106 Å². The molecule has 0 radical (unpaired) electrons. The van der Waals surface area contributed by atoms with Crippen LogP contribution in [-0.2, 0) is 14.3 Å².